The van der Waals surface area contributed by atoms with Crippen molar-refractivity contribution in [3.63, 3.8) is 0 Å². The van der Waals surface area contributed by atoms with E-state index in [1.807, 2.05) is 19.1 Å². The lowest BCUT2D eigenvalue weighted by Gasteiger charge is -2.16. The SMILES string of the molecule is CCNc1ccc(Nc2ncc3c(C)n(-c4cc(NC(=O)c5cccc(C(F)(F)F)c5)ccc4C)c(=O)nc3n2)cn1. The van der Waals surface area contributed by atoms with Gasteiger partial charge in [0.25, 0.3) is 5.91 Å². The van der Waals surface area contributed by atoms with E-state index in [1.54, 1.807) is 44.4 Å². The van der Waals surface area contributed by atoms with Crippen LogP contribution in [0.3, 0.4) is 0 Å². The van der Waals surface area contributed by atoms with Crippen LogP contribution >= 0.6 is 0 Å². The van der Waals surface area contributed by atoms with E-state index >= 15 is 0 Å². The van der Waals surface area contributed by atoms with Crippen LogP contribution in [0.25, 0.3) is 16.7 Å². The van der Waals surface area contributed by atoms with Gasteiger partial charge in [0, 0.05) is 29.7 Å². The third kappa shape index (κ3) is 5.89. The highest BCUT2D eigenvalue weighted by atomic mass is 19.4. The van der Waals surface area contributed by atoms with Gasteiger partial charge < -0.3 is 16.0 Å². The van der Waals surface area contributed by atoms with Gasteiger partial charge in [0.1, 0.15) is 5.82 Å². The van der Waals surface area contributed by atoms with Gasteiger partial charge in [-0.2, -0.15) is 23.1 Å². The molecule has 0 radical (unpaired) electrons. The Morgan fingerprint density at radius 3 is 2.45 bits per heavy atom. The lowest BCUT2D eigenvalue weighted by Crippen LogP contribution is -2.25. The first-order chi connectivity index (χ1) is 20.0. The minimum atomic E-state index is -4.58. The van der Waals surface area contributed by atoms with Crippen LogP contribution in [-0.4, -0.2) is 37.0 Å². The number of rotatable bonds is 7. The molecule has 2 aromatic carbocycles. The molecule has 0 fully saturated rings. The van der Waals surface area contributed by atoms with Crippen molar-refractivity contribution in [3.8, 4) is 5.69 Å². The predicted molar refractivity (Wildman–Crippen MR) is 153 cm³/mol. The minimum Gasteiger partial charge on any atom is -0.370 e. The Hall–Kier alpha value is -5.33. The lowest BCUT2D eigenvalue weighted by atomic mass is 10.1. The molecule has 1 amide bonds. The van der Waals surface area contributed by atoms with Crippen LogP contribution in [-0.2, 0) is 6.18 Å². The van der Waals surface area contributed by atoms with Crippen molar-refractivity contribution < 1.29 is 18.0 Å². The van der Waals surface area contributed by atoms with Crippen LogP contribution in [0.4, 0.5) is 36.3 Å². The molecule has 3 heterocycles. The molecule has 42 heavy (non-hydrogen) atoms. The number of carbonyl (C=O) groups excluding carboxylic acids is 1. The topological polar surface area (TPSA) is 127 Å². The summed E-state index contributed by atoms with van der Waals surface area (Å²) < 4.78 is 40.7. The number of aromatic nitrogens is 5. The molecular formula is C29H25F3N8O2. The van der Waals surface area contributed by atoms with Crippen molar-refractivity contribution >= 4 is 40.1 Å². The molecule has 0 saturated carbocycles. The molecular weight excluding hydrogens is 549 g/mol. The van der Waals surface area contributed by atoms with Crippen LogP contribution in [0.5, 0.6) is 0 Å². The number of amides is 1. The van der Waals surface area contributed by atoms with Crippen molar-refractivity contribution in [2.24, 2.45) is 0 Å². The Kier molecular flexibility index (Phi) is 7.57. The summed E-state index contributed by atoms with van der Waals surface area (Å²) in [4.78, 5) is 43.2. The number of carbonyl (C=O) groups is 1. The summed E-state index contributed by atoms with van der Waals surface area (Å²) in [6.07, 6.45) is -1.40. The molecule has 0 spiro atoms. The Morgan fingerprint density at radius 1 is 0.952 bits per heavy atom. The van der Waals surface area contributed by atoms with Crippen molar-refractivity contribution in [2.75, 3.05) is 22.5 Å². The molecule has 0 aliphatic rings. The molecule has 0 atom stereocenters. The fourth-order valence-corrected chi connectivity index (χ4v) is 4.31. The number of hydrogen-bond donors (Lipinski definition) is 3. The summed E-state index contributed by atoms with van der Waals surface area (Å²) >= 11 is 0. The van der Waals surface area contributed by atoms with E-state index in [4.69, 9.17) is 0 Å². The van der Waals surface area contributed by atoms with Crippen molar-refractivity contribution in [1.82, 2.24) is 24.5 Å². The van der Waals surface area contributed by atoms with Gasteiger partial charge in [-0.15, -0.1) is 0 Å². The molecule has 0 aliphatic carbocycles. The number of benzene rings is 2. The number of nitrogens with one attached hydrogen (secondary N) is 3. The van der Waals surface area contributed by atoms with E-state index in [2.05, 4.69) is 35.9 Å². The fourth-order valence-electron chi connectivity index (χ4n) is 4.31. The molecule has 0 unspecified atom stereocenters. The van der Waals surface area contributed by atoms with Gasteiger partial charge in [0.05, 0.1) is 28.5 Å². The number of fused-ring (bicyclic) bond motifs is 1. The first kappa shape index (κ1) is 28.2. The molecule has 10 nitrogen and oxygen atoms in total. The summed E-state index contributed by atoms with van der Waals surface area (Å²) in [5, 5.41) is 9.29. The highest BCUT2D eigenvalue weighted by Gasteiger charge is 2.31. The fraction of sp³-hybridized carbons (Fsp3) is 0.172. The molecule has 5 rings (SSSR count). The second-order valence-corrected chi connectivity index (χ2v) is 9.37. The normalized spacial score (nSPS) is 11.4. The third-order valence-electron chi connectivity index (χ3n) is 6.42. The maximum Gasteiger partial charge on any atom is 0.416 e. The van der Waals surface area contributed by atoms with E-state index in [0.717, 1.165) is 24.5 Å². The number of anilines is 4. The molecule has 0 bridgehead atoms. The van der Waals surface area contributed by atoms with Crippen LogP contribution < -0.4 is 21.6 Å². The third-order valence-corrected chi connectivity index (χ3v) is 6.42. The number of aryl methyl sites for hydroxylation is 2. The number of pyridine rings is 1. The average Bonchev–Trinajstić information content (AvgIpc) is 2.95. The minimum absolute atomic E-state index is 0.154. The van der Waals surface area contributed by atoms with Gasteiger partial charge in [-0.3, -0.25) is 9.36 Å². The Bertz CT molecular complexity index is 1850. The number of nitrogens with zero attached hydrogens (tertiary/aromatic N) is 5. The molecule has 3 aromatic heterocycles. The van der Waals surface area contributed by atoms with Crippen molar-refractivity contribution in [2.45, 2.75) is 26.9 Å². The van der Waals surface area contributed by atoms with E-state index in [9.17, 15) is 22.8 Å². The predicted octanol–water partition coefficient (Wildman–Crippen LogP) is 5.63. The molecule has 3 N–H and O–H groups in total. The zero-order chi connectivity index (χ0) is 30.0. The standard InChI is InChI=1S/C29H25F3N8O2/c1-4-33-24-11-10-21(14-34-24)37-27-35-15-22-17(3)40(28(42)39-25(22)38-27)23-13-20(9-8-16(23)2)36-26(41)18-6-5-7-19(12-18)29(30,31)32/h5-15H,4H2,1-3H3,(H,33,34)(H,36,41)(H,37,38,39,42). The summed E-state index contributed by atoms with van der Waals surface area (Å²) in [6, 6.07) is 12.6. The quantitative estimate of drug-likeness (QED) is 0.228. The Labute approximate surface area is 237 Å². The van der Waals surface area contributed by atoms with Crippen LogP contribution in [0.2, 0.25) is 0 Å². The van der Waals surface area contributed by atoms with Crippen LogP contribution in [0, 0.1) is 13.8 Å². The van der Waals surface area contributed by atoms with E-state index in [-0.39, 0.29) is 22.8 Å². The largest absolute Gasteiger partial charge is 0.416 e. The number of halogens is 3. The zero-order valence-corrected chi connectivity index (χ0v) is 22.7. The number of hydrogen-bond acceptors (Lipinski definition) is 8. The lowest BCUT2D eigenvalue weighted by molar-refractivity contribution is -0.137. The van der Waals surface area contributed by atoms with Crippen LogP contribution in [0.15, 0.2) is 71.8 Å². The summed E-state index contributed by atoms with van der Waals surface area (Å²) in [7, 11) is 0. The number of alkyl halides is 3. The molecule has 214 valence electrons. The molecule has 13 heteroatoms. The van der Waals surface area contributed by atoms with Gasteiger partial charge in [0.2, 0.25) is 5.95 Å². The van der Waals surface area contributed by atoms with Gasteiger partial charge in [0.15, 0.2) is 5.65 Å². The highest BCUT2D eigenvalue weighted by molar-refractivity contribution is 6.04. The van der Waals surface area contributed by atoms with E-state index in [0.29, 0.717) is 28.0 Å². The smallest absolute Gasteiger partial charge is 0.370 e. The summed E-state index contributed by atoms with van der Waals surface area (Å²) in [5.74, 6) is 0.242. The van der Waals surface area contributed by atoms with Crippen molar-refractivity contribution in [3.05, 3.63) is 99.9 Å². The Balaban J connectivity index is 1.44. The first-order valence-electron chi connectivity index (χ1n) is 12.9. The summed E-state index contributed by atoms with van der Waals surface area (Å²) in [5.41, 5.74) is 1.09. The monoisotopic (exact) mass is 574 g/mol. The molecule has 5 aromatic rings. The molecule has 0 saturated heterocycles. The summed E-state index contributed by atoms with van der Waals surface area (Å²) in [6.45, 7) is 6.22. The second kappa shape index (κ2) is 11.3. The van der Waals surface area contributed by atoms with E-state index in [1.165, 1.54) is 16.7 Å². The highest BCUT2D eigenvalue weighted by Crippen LogP contribution is 2.30. The first-order valence-corrected chi connectivity index (χ1v) is 12.9. The van der Waals surface area contributed by atoms with Gasteiger partial charge in [-0.1, -0.05) is 12.1 Å². The second-order valence-electron chi connectivity index (χ2n) is 9.37. The maximum atomic E-state index is 13.2. The average molecular weight is 575 g/mol. The van der Waals surface area contributed by atoms with Gasteiger partial charge in [-0.25, -0.2) is 14.8 Å². The van der Waals surface area contributed by atoms with Crippen LogP contribution in [0.1, 0.15) is 34.1 Å². The van der Waals surface area contributed by atoms with Gasteiger partial charge >= 0.3 is 11.9 Å². The molecule has 0 aliphatic heterocycles. The maximum absolute atomic E-state index is 13.2. The van der Waals surface area contributed by atoms with Gasteiger partial charge in [-0.05, 0) is 68.8 Å². The zero-order valence-electron chi connectivity index (χ0n) is 22.7. The Morgan fingerprint density at radius 2 is 1.74 bits per heavy atom. The van der Waals surface area contributed by atoms with E-state index < -0.39 is 23.3 Å². The van der Waals surface area contributed by atoms with Crippen molar-refractivity contribution in [1.29, 1.82) is 0 Å².